The Morgan fingerprint density at radius 2 is 2.16 bits per heavy atom. The van der Waals surface area contributed by atoms with Gasteiger partial charge in [-0.05, 0) is 55.0 Å². The van der Waals surface area contributed by atoms with Gasteiger partial charge in [0, 0.05) is 16.4 Å². The smallest absolute Gasteiger partial charge is 0.258 e. The van der Waals surface area contributed by atoms with Gasteiger partial charge in [-0.15, -0.1) is 0 Å². The van der Waals surface area contributed by atoms with Gasteiger partial charge in [-0.25, -0.2) is 0 Å². The van der Waals surface area contributed by atoms with Gasteiger partial charge in [-0.3, -0.25) is 9.78 Å². The molecule has 0 aliphatic carbocycles. The van der Waals surface area contributed by atoms with E-state index in [0.29, 0.717) is 12.1 Å². The molecule has 25 heavy (non-hydrogen) atoms. The first-order valence-electron chi connectivity index (χ1n) is 7.94. The molecule has 1 aliphatic heterocycles. The highest BCUT2D eigenvalue weighted by Gasteiger charge is 2.38. The predicted octanol–water partition coefficient (Wildman–Crippen LogP) is 4.51. The van der Waals surface area contributed by atoms with Crippen molar-refractivity contribution in [1.82, 2.24) is 9.88 Å². The molecule has 1 aliphatic rings. The Morgan fingerprint density at radius 1 is 1.28 bits per heavy atom. The second-order valence-electron chi connectivity index (χ2n) is 5.96. The molecule has 1 aromatic carbocycles. The van der Waals surface area contributed by atoms with E-state index in [1.54, 1.807) is 23.4 Å². The molecule has 1 N–H and O–H groups in total. The SMILES string of the molecule is Cc1cc(N[C@H]2c3ncccc3C(=O)N2Cc2ccco2)ccc1Br. The fourth-order valence-electron chi connectivity index (χ4n) is 3.01. The number of carbonyl (C=O) groups excluding carboxylic acids is 1. The van der Waals surface area contributed by atoms with Gasteiger partial charge in [-0.1, -0.05) is 15.9 Å². The number of rotatable bonds is 4. The van der Waals surface area contributed by atoms with Crippen molar-refractivity contribution in [2.75, 3.05) is 5.32 Å². The molecule has 0 bridgehead atoms. The number of aryl methyl sites for hydroxylation is 1. The zero-order chi connectivity index (χ0) is 17.4. The van der Waals surface area contributed by atoms with Crippen LogP contribution in [0.4, 0.5) is 5.69 Å². The number of hydrogen-bond acceptors (Lipinski definition) is 4. The molecule has 0 saturated carbocycles. The largest absolute Gasteiger partial charge is 0.467 e. The number of carbonyl (C=O) groups is 1. The molecule has 6 heteroatoms. The zero-order valence-corrected chi connectivity index (χ0v) is 15.2. The summed E-state index contributed by atoms with van der Waals surface area (Å²) in [7, 11) is 0. The van der Waals surface area contributed by atoms with Crippen LogP contribution in [0.1, 0.15) is 33.5 Å². The minimum Gasteiger partial charge on any atom is -0.467 e. The molecule has 0 fully saturated rings. The summed E-state index contributed by atoms with van der Waals surface area (Å²) in [6, 6.07) is 13.3. The van der Waals surface area contributed by atoms with Crippen molar-refractivity contribution < 1.29 is 9.21 Å². The Kier molecular flexibility index (Phi) is 4.05. The van der Waals surface area contributed by atoms with Crippen LogP contribution in [0.2, 0.25) is 0 Å². The molecule has 3 heterocycles. The lowest BCUT2D eigenvalue weighted by Crippen LogP contribution is -2.32. The third kappa shape index (κ3) is 2.93. The van der Waals surface area contributed by atoms with Gasteiger partial charge in [0.1, 0.15) is 11.9 Å². The molecular weight excluding hydrogens is 382 g/mol. The topological polar surface area (TPSA) is 58.4 Å². The van der Waals surface area contributed by atoms with Crippen LogP contribution in [-0.2, 0) is 6.54 Å². The monoisotopic (exact) mass is 397 g/mol. The Bertz CT molecular complexity index is 924. The third-order valence-electron chi connectivity index (χ3n) is 4.27. The number of nitrogens with one attached hydrogen (secondary N) is 1. The van der Waals surface area contributed by atoms with Crippen molar-refractivity contribution in [2.45, 2.75) is 19.6 Å². The molecule has 3 aromatic rings. The van der Waals surface area contributed by atoms with Gasteiger partial charge in [-0.2, -0.15) is 0 Å². The van der Waals surface area contributed by atoms with Gasteiger partial charge in [0.2, 0.25) is 0 Å². The summed E-state index contributed by atoms with van der Waals surface area (Å²) in [4.78, 5) is 19.0. The van der Waals surface area contributed by atoms with Crippen LogP contribution < -0.4 is 5.32 Å². The van der Waals surface area contributed by atoms with Crippen LogP contribution >= 0.6 is 15.9 Å². The highest BCUT2D eigenvalue weighted by Crippen LogP contribution is 2.34. The molecule has 126 valence electrons. The summed E-state index contributed by atoms with van der Waals surface area (Å²) in [5, 5.41) is 3.44. The number of anilines is 1. The first-order chi connectivity index (χ1) is 12.1. The molecule has 0 radical (unpaired) electrons. The maximum absolute atomic E-state index is 12.8. The number of aromatic nitrogens is 1. The zero-order valence-electron chi connectivity index (χ0n) is 13.6. The molecule has 1 amide bonds. The summed E-state index contributed by atoms with van der Waals surface area (Å²) in [5.41, 5.74) is 3.41. The number of amides is 1. The summed E-state index contributed by atoms with van der Waals surface area (Å²) >= 11 is 3.51. The highest BCUT2D eigenvalue weighted by molar-refractivity contribution is 9.10. The van der Waals surface area contributed by atoms with Crippen LogP contribution in [0, 0.1) is 6.92 Å². The molecule has 4 rings (SSSR count). The van der Waals surface area contributed by atoms with E-state index >= 15 is 0 Å². The number of benzene rings is 1. The van der Waals surface area contributed by atoms with Crippen LogP contribution in [0.25, 0.3) is 0 Å². The van der Waals surface area contributed by atoms with Gasteiger partial charge < -0.3 is 14.6 Å². The second kappa shape index (κ2) is 6.37. The fourth-order valence-corrected chi connectivity index (χ4v) is 3.25. The lowest BCUT2D eigenvalue weighted by molar-refractivity contribution is 0.0714. The maximum Gasteiger partial charge on any atom is 0.258 e. The van der Waals surface area contributed by atoms with Crippen LogP contribution in [-0.4, -0.2) is 15.8 Å². The number of fused-ring (bicyclic) bond motifs is 1. The quantitative estimate of drug-likeness (QED) is 0.703. The standard InChI is InChI=1S/C19H16BrN3O2/c1-12-10-13(6-7-16(12)20)22-18-17-15(5-2-8-21-17)19(24)23(18)11-14-4-3-9-25-14/h2-10,18,22H,11H2,1H3/t18-/m1/s1. The lowest BCUT2D eigenvalue weighted by atomic mass is 10.2. The highest BCUT2D eigenvalue weighted by atomic mass is 79.9. The predicted molar refractivity (Wildman–Crippen MR) is 98.1 cm³/mol. The van der Waals surface area contributed by atoms with E-state index in [1.165, 1.54) is 0 Å². The van der Waals surface area contributed by atoms with E-state index in [2.05, 4.69) is 26.2 Å². The average Bonchev–Trinajstić information content (AvgIpc) is 3.21. The number of nitrogens with zero attached hydrogens (tertiary/aromatic N) is 2. The Balaban J connectivity index is 1.70. The Hall–Kier alpha value is -2.60. The van der Waals surface area contributed by atoms with Crippen molar-refractivity contribution in [3.8, 4) is 0 Å². The van der Waals surface area contributed by atoms with E-state index < -0.39 is 0 Å². The summed E-state index contributed by atoms with van der Waals surface area (Å²) in [6.45, 7) is 2.41. The van der Waals surface area contributed by atoms with Crippen molar-refractivity contribution in [2.24, 2.45) is 0 Å². The molecular formula is C19H16BrN3O2. The molecule has 0 unspecified atom stereocenters. The maximum atomic E-state index is 12.8. The number of halogens is 1. The number of pyridine rings is 1. The van der Waals surface area contributed by atoms with Crippen LogP contribution in [0.5, 0.6) is 0 Å². The normalized spacial score (nSPS) is 16.2. The number of furan rings is 1. The van der Waals surface area contributed by atoms with Crippen molar-refractivity contribution in [1.29, 1.82) is 0 Å². The van der Waals surface area contributed by atoms with Crippen LogP contribution in [0.3, 0.4) is 0 Å². The molecule has 0 saturated heterocycles. The molecule has 5 nitrogen and oxygen atoms in total. The van der Waals surface area contributed by atoms with E-state index in [-0.39, 0.29) is 12.1 Å². The van der Waals surface area contributed by atoms with Crippen molar-refractivity contribution in [3.05, 3.63) is 82.0 Å². The van der Waals surface area contributed by atoms with E-state index in [0.717, 1.165) is 27.2 Å². The van der Waals surface area contributed by atoms with E-state index in [9.17, 15) is 4.79 Å². The second-order valence-corrected chi connectivity index (χ2v) is 6.81. The summed E-state index contributed by atoms with van der Waals surface area (Å²) in [5.74, 6) is 0.686. The van der Waals surface area contributed by atoms with Gasteiger partial charge in [0.05, 0.1) is 24.1 Å². The van der Waals surface area contributed by atoms with Gasteiger partial charge in [0.15, 0.2) is 0 Å². The third-order valence-corrected chi connectivity index (χ3v) is 5.16. The van der Waals surface area contributed by atoms with Gasteiger partial charge in [0.25, 0.3) is 5.91 Å². The molecule has 1 atom stereocenters. The first-order valence-corrected chi connectivity index (χ1v) is 8.74. The van der Waals surface area contributed by atoms with Crippen LogP contribution in [0.15, 0.2) is 63.8 Å². The Labute approximate surface area is 153 Å². The number of hydrogen-bond donors (Lipinski definition) is 1. The minimum atomic E-state index is -0.339. The molecule has 2 aromatic heterocycles. The van der Waals surface area contributed by atoms with E-state index in [4.69, 9.17) is 4.42 Å². The fraction of sp³-hybridized carbons (Fsp3) is 0.158. The summed E-state index contributed by atoms with van der Waals surface area (Å²) < 4.78 is 6.48. The van der Waals surface area contributed by atoms with E-state index in [1.807, 2.05) is 43.3 Å². The minimum absolute atomic E-state index is 0.0502. The van der Waals surface area contributed by atoms with Gasteiger partial charge >= 0.3 is 0 Å². The first kappa shape index (κ1) is 15.9. The average molecular weight is 398 g/mol. The summed E-state index contributed by atoms with van der Waals surface area (Å²) in [6.07, 6.45) is 2.99. The van der Waals surface area contributed by atoms with Crippen molar-refractivity contribution in [3.63, 3.8) is 0 Å². The Morgan fingerprint density at radius 3 is 2.92 bits per heavy atom. The van der Waals surface area contributed by atoms with Crippen molar-refractivity contribution >= 4 is 27.5 Å². The molecule has 0 spiro atoms. The lowest BCUT2D eigenvalue weighted by Gasteiger charge is -2.26.